The van der Waals surface area contributed by atoms with Gasteiger partial charge < -0.3 is 0 Å². The predicted molar refractivity (Wildman–Crippen MR) is 111 cm³/mol. The van der Waals surface area contributed by atoms with Crippen LogP contribution < -0.4 is 0 Å². The molecule has 0 aliphatic heterocycles. The van der Waals surface area contributed by atoms with Gasteiger partial charge in [0.15, 0.2) is 0 Å². The lowest BCUT2D eigenvalue weighted by Gasteiger charge is -2.04. The minimum Gasteiger partial charge on any atom is -0.248 e. The fraction of sp³-hybridized carbons (Fsp3) is 0. The summed E-state index contributed by atoms with van der Waals surface area (Å²) in [5.74, 6) is 0. The van der Waals surface area contributed by atoms with Crippen molar-refractivity contribution < 1.29 is 0 Å². The molecule has 4 heteroatoms. The third-order valence-corrected chi connectivity index (χ3v) is 4.98. The van der Waals surface area contributed by atoms with E-state index in [0.717, 1.165) is 26.9 Å². The van der Waals surface area contributed by atoms with E-state index in [1.165, 1.54) is 0 Å². The van der Waals surface area contributed by atoms with Crippen molar-refractivity contribution in [2.75, 3.05) is 0 Å². The lowest BCUT2D eigenvalue weighted by atomic mass is 10.1. The first-order valence-electron chi connectivity index (χ1n) is 7.70. The first-order valence-corrected chi connectivity index (χ1v) is 9.33. The molecule has 0 aromatic heterocycles. The second-order valence-electron chi connectivity index (χ2n) is 5.19. The third-order valence-electron chi connectivity index (χ3n) is 3.40. The summed E-state index contributed by atoms with van der Waals surface area (Å²) in [5, 5.41) is 3.44. The van der Waals surface area contributed by atoms with Crippen molar-refractivity contribution in [3.05, 3.63) is 106 Å². The van der Waals surface area contributed by atoms with E-state index >= 15 is 0 Å². The highest BCUT2D eigenvalue weighted by Gasteiger charge is 2.02. The smallest absolute Gasteiger partial charge is 0.0714 e. The molecule has 0 N–H and O–H groups in total. The number of rotatable bonds is 5. The van der Waals surface area contributed by atoms with Crippen LogP contribution in [0.15, 0.2) is 100 Å². The van der Waals surface area contributed by atoms with Crippen LogP contribution in [0.25, 0.3) is 0 Å². The highest BCUT2D eigenvalue weighted by molar-refractivity contribution is 8.02. The van der Waals surface area contributed by atoms with E-state index in [-0.39, 0.29) is 0 Å². The van der Waals surface area contributed by atoms with E-state index in [1.54, 1.807) is 11.8 Å². The molecular formula is C21H15Cl2NS. The standard InChI is InChI=1S/C21H15Cl2NS/c22-17-12-10-16(11-13-17)20(24-18-6-2-1-3-7-18)14-15-25-21-9-5-4-8-19(21)23/h1-15H. The Balaban J connectivity index is 1.88. The zero-order valence-electron chi connectivity index (χ0n) is 13.3. The van der Waals surface area contributed by atoms with Gasteiger partial charge in [-0.2, -0.15) is 0 Å². The summed E-state index contributed by atoms with van der Waals surface area (Å²) >= 11 is 13.8. The van der Waals surface area contributed by atoms with Crippen LogP contribution in [0.1, 0.15) is 5.56 Å². The molecule has 3 aromatic rings. The monoisotopic (exact) mass is 383 g/mol. The molecule has 0 unspecified atom stereocenters. The molecule has 0 saturated carbocycles. The van der Waals surface area contributed by atoms with Gasteiger partial charge in [0, 0.05) is 15.5 Å². The van der Waals surface area contributed by atoms with E-state index in [1.807, 2.05) is 90.3 Å². The van der Waals surface area contributed by atoms with Gasteiger partial charge in [-0.1, -0.05) is 77.4 Å². The van der Waals surface area contributed by atoms with Crippen molar-refractivity contribution >= 4 is 46.4 Å². The lowest BCUT2D eigenvalue weighted by Crippen LogP contribution is -1.95. The van der Waals surface area contributed by atoms with Crippen molar-refractivity contribution in [3.63, 3.8) is 0 Å². The number of para-hydroxylation sites is 1. The lowest BCUT2D eigenvalue weighted by molar-refractivity contribution is 1.47. The van der Waals surface area contributed by atoms with E-state index < -0.39 is 0 Å². The van der Waals surface area contributed by atoms with Crippen LogP contribution in [0.4, 0.5) is 5.69 Å². The van der Waals surface area contributed by atoms with E-state index in [4.69, 9.17) is 28.2 Å². The highest BCUT2D eigenvalue weighted by Crippen LogP contribution is 2.27. The zero-order valence-corrected chi connectivity index (χ0v) is 15.6. The fourth-order valence-electron chi connectivity index (χ4n) is 2.17. The maximum Gasteiger partial charge on any atom is 0.0714 e. The summed E-state index contributed by atoms with van der Waals surface area (Å²) in [7, 11) is 0. The molecule has 0 radical (unpaired) electrons. The molecule has 124 valence electrons. The van der Waals surface area contributed by atoms with Gasteiger partial charge in [0.25, 0.3) is 0 Å². The van der Waals surface area contributed by atoms with Crippen LogP contribution in [-0.2, 0) is 0 Å². The molecular weight excluding hydrogens is 369 g/mol. The number of halogens is 2. The first-order chi connectivity index (χ1) is 12.2. The summed E-state index contributed by atoms with van der Waals surface area (Å²) in [6.07, 6.45) is 1.99. The fourth-order valence-corrected chi connectivity index (χ4v) is 3.25. The van der Waals surface area contributed by atoms with Crippen molar-refractivity contribution in [3.8, 4) is 0 Å². The van der Waals surface area contributed by atoms with Crippen LogP contribution >= 0.6 is 35.0 Å². The number of hydrogen-bond acceptors (Lipinski definition) is 2. The van der Waals surface area contributed by atoms with Gasteiger partial charge in [0.1, 0.15) is 0 Å². The SMILES string of the molecule is Clc1ccc(C(C=CSc2ccccc2Cl)=Nc2ccccc2)cc1. The molecule has 0 saturated heterocycles. The van der Waals surface area contributed by atoms with E-state index in [2.05, 4.69) is 0 Å². The normalized spacial score (nSPS) is 11.8. The minimum atomic E-state index is 0.706. The Morgan fingerprint density at radius 2 is 1.48 bits per heavy atom. The molecule has 0 bridgehead atoms. The van der Waals surface area contributed by atoms with Gasteiger partial charge in [-0.25, -0.2) is 4.99 Å². The zero-order chi connectivity index (χ0) is 17.5. The van der Waals surface area contributed by atoms with Crippen LogP contribution in [0, 0.1) is 0 Å². The molecule has 0 aliphatic carbocycles. The number of nitrogens with zero attached hydrogens (tertiary/aromatic N) is 1. The summed E-state index contributed by atoms with van der Waals surface area (Å²) in [5.41, 5.74) is 2.77. The Bertz CT molecular complexity index is 887. The molecule has 0 aliphatic rings. The second kappa shape index (κ2) is 8.91. The Morgan fingerprint density at radius 3 is 2.20 bits per heavy atom. The summed E-state index contributed by atoms with van der Waals surface area (Å²) in [4.78, 5) is 5.76. The van der Waals surface area contributed by atoms with Crippen LogP contribution in [-0.4, -0.2) is 5.71 Å². The average Bonchev–Trinajstić information content (AvgIpc) is 2.64. The van der Waals surface area contributed by atoms with Gasteiger partial charge in [-0.15, -0.1) is 0 Å². The van der Waals surface area contributed by atoms with Gasteiger partial charge in [-0.3, -0.25) is 0 Å². The maximum absolute atomic E-state index is 6.20. The van der Waals surface area contributed by atoms with Gasteiger partial charge in [-0.05, 0) is 47.9 Å². The number of allylic oxidation sites excluding steroid dienone is 1. The first kappa shape index (κ1) is 17.8. The van der Waals surface area contributed by atoms with Crippen LogP contribution in [0.3, 0.4) is 0 Å². The Labute approximate surface area is 162 Å². The predicted octanol–water partition coefficient (Wildman–Crippen LogP) is 7.42. The van der Waals surface area contributed by atoms with E-state index in [9.17, 15) is 0 Å². The van der Waals surface area contributed by atoms with Crippen LogP contribution in [0.5, 0.6) is 0 Å². The average molecular weight is 384 g/mol. The van der Waals surface area contributed by atoms with E-state index in [0.29, 0.717) is 5.02 Å². The van der Waals surface area contributed by atoms with Crippen LogP contribution in [0.2, 0.25) is 10.0 Å². The van der Waals surface area contributed by atoms with Crippen molar-refractivity contribution in [1.82, 2.24) is 0 Å². The second-order valence-corrected chi connectivity index (χ2v) is 6.98. The minimum absolute atomic E-state index is 0.706. The molecule has 0 atom stereocenters. The topological polar surface area (TPSA) is 12.4 Å². The molecule has 0 amide bonds. The largest absolute Gasteiger partial charge is 0.248 e. The molecule has 3 aromatic carbocycles. The maximum atomic E-state index is 6.20. The summed E-state index contributed by atoms with van der Waals surface area (Å²) in [6.45, 7) is 0. The van der Waals surface area contributed by atoms with Crippen molar-refractivity contribution in [1.29, 1.82) is 0 Å². The van der Waals surface area contributed by atoms with Gasteiger partial charge >= 0.3 is 0 Å². The van der Waals surface area contributed by atoms with Crippen molar-refractivity contribution in [2.45, 2.75) is 4.90 Å². The summed E-state index contributed by atoms with van der Waals surface area (Å²) < 4.78 is 0. The molecule has 3 rings (SSSR count). The number of thioether (sulfide) groups is 1. The Hall–Kier alpha value is -2.00. The highest BCUT2D eigenvalue weighted by atomic mass is 35.5. The molecule has 1 nitrogen and oxygen atoms in total. The van der Waals surface area contributed by atoms with Gasteiger partial charge in [0.05, 0.1) is 16.4 Å². The van der Waals surface area contributed by atoms with Crippen molar-refractivity contribution in [2.24, 2.45) is 4.99 Å². The Kier molecular flexibility index (Phi) is 6.35. The molecule has 0 fully saturated rings. The number of aliphatic imine (C=N–C) groups is 1. The quantitative estimate of drug-likeness (QED) is 0.329. The molecule has 0 heterocycles. The Morgan fingerprint density at radius 1 is 0.800 bits per heavy atom. The molecule has 25 heavy (non-hydrogen) atoms. The number of hydrogen-bond donors (Lipinski definition) is 0. The molecule has 0 spiro atoms. The van der Waals surface area contributed by atoms with Gasteiger partial charge in [0.2, 0.25) is 0 Å². The summed E-state index contributed by atoms with van der Waals surface area (Å²) in [6, 6.07) is 25.3. The number of benzene rings is 3. The third kappa shape index (κ3) is 5.23.